The molecule has 3 rings (SSSR count). The molecule has 1 aliphatic carbocycles. The molecule has 5 nitrogen and oxygen atoms in total. The molecule has 0 aliphatic heterocycles. The Balaban J connectivity index is 1.87. The summed E-state index contributed by atoms with van der Waals surface area (Å²) in [7, 11) is -2.26. The number of benzene rings is 2. The molecule has 2 aromatic rings. The summed E-state index contributed by atoms with van der Waals surface area (Å²) in [5.74, 6) is -0.184. The van der Waals surface area contributed by atoms with Crippen molar-refractivity contribution in [3.63, 3.8) is 0 Å². The van der Waals surface area contributed by atoms with E-state index in [0.29, 0.717) is 16.3 Å². The van der Waals surface area contributed by atoms with E-state index in [1.54, 1.807) is 24.3 Å². The Morgan fingerprint density at radius 2 is 1.83 bits per heavy atom. The van der Waals surface area contributed by atoms with E-state index in [1.165, 1.54) is 31.3 Å². The highest BCUT2D eigenvalue weighted by molar-refractivity contribution is 7.92. The fourth-order valence-electron chi connectivity index (χ4n) is 2.24. The van der Waals surface area contributed by atoms with Gasteiger partial charge in [-0.1, -0.05) is 17.7 Å². The first kappa shape index (κ1) is 16.8. The van der Waals surface area contributed by atoms with Crippen LogP contribution in [0.1, 0.15) is 23.2 Å². The standard InChI is InChI=1S/C17H17ClN2O3S/c1-20(24(22,23)16-9-5-13(18)6-10-16)15-4-2-3-12(11-15)17(21)19-14-7-8-14/h2-6,9-11,14H,7-8H2,1H3,(H,19,21). The molecule has 126 valence electrons. The molecule has 0 heterocycles. The van der Waals surface area contributed by atoms with Gasteiger partial charge in [0.05, 0.1) is 10.6 Å². The van der Waals surface area contributed by atoms with Crippen LogP contribution < -0.4 is 9.62 Å². The summed E-state index contributed by atoms with van der Waals surface area (Å²) in [5, 5.41) is 3.36. The minimum absolute atomic E-state index is 0.141. The Kier molecular flexibility index (Phi) is 4.51. The molecule has 0 saturated heterocycles. The van der Waals surface area contributed by atoms with E-state index in [0.717, 1.165) is 17.1 Å². The van der Waals surface area contributed by atoms with Crippen molar-refractivity contribution in [1.82, 2.24) is 5.32 Å². The molecule has 1 saturated carbocycles. The number of hydrogen-bond donors (Lipinski definition) is 1. The molecule has 0 radical (unpaired) electrons. The number of hydrogen-bond acceptors (Lipinski definition) is 3. The normalized spacial score (nSPS) is 14.2. The Morgan fingerprint density at radius 3 is 2.46 bits per heavy atom. The Labute approximate surface area is 146 Å². The van der Waals surface area contributed by atoms with Gasteiger partial charge < -0.3 is 5.32 Å². The van der Waals surface area contributed by atoms with Crippen LogP contribution in [0.3, 0.4) is 0 Å². The number of carbonyl (C=O) groups excluding carboxylic acids is 1. The summed E-state index contributed by atoms with van der Waals surface area (Å²) in [6.45, 7) is 0. The van der Waals surface area contributed by atoms with E-state index in [-0.39, 0.29) is 16.8 Å². The van der Waals surface area contributed by atoms with E-state index in [1.807, 2.05) is 0 Å². The number of amides is 1. The molecule has 1 fully saturated rings. The van der Waals surface area contributed by atoms with Crippen LogP contribution in [0.4, 0.5) is 5.69 Å². The number of nitrogens with zero attached hydrogens (tertiary/aromatic N) is 1. The first-order chi connectivity index (χ1) is 11.4. The molecule has 0 unspecified atom stereocenters. The number of halogens is 1. The van der Waals surface area contributed by atoms with Gasteiger partial charge in [0.2, 0.25) is 0 Å². The SMILES string of the molecule is CN(c1cccc(C(=O)NC2CC2)c1)S(=O)(=O)c1ccc(Cl)cc1. The van der Waals surface area contributed by atoms with Gasteiger partial charge >= 0.3 is 0 Å². The van der Waals surface area contributed by atoms with Crippen LogP contribution in [0, 0.1) is 0 Å². The average Bonchev–Trinajstić information content (AvgIpc) is 3.38. The van der Waals surface area contributed by atoms with Crippen molar-refractivity contribution in [2.75, 3.05) is 11.4 Å². The largest absolute Gasteiger partial charge is 0.349 e. The molecule has 1 aliphatic rings. The minimum Gasteiger partial charge on any atom is -0.349 e. The van der Waals surface area contributed by atoms with Gasteiger partial charge in [-0.05, 0) is 55.3 Å². The van der Waals surface area contributed by atoms with Crippen LogP contribution in [0.25, 0.3) is 0 Å². The van der Waals surface area contributed by atoms with Crippen molar-refractivity contribution < 1.29 is 13.2 Å². The quantitative estimate of drug-likeness (QED) is 0.886. The van der Waals surface area contributed by atoms with Crippen LogP contribution in [-0.4, -0.2) is 27.4 Å². The van der Waals surface area contributed by atoms with Crippen molar-refractivity contribution in [2.45, 2.75) is 23.8 Å². The second-order valence-corrected chi connectivity index (χ2v) is 8.13. The fourth-order valence-corrected chi connectivity index (χ4v) is 3.56. The van der Waals surface area contributed by atoms with Gasteiger partial charge in [-0.3, -0.25) is 9.10 Å². The Hall–Kier alpha value is -2.05. The second-order valence-electron chi connectivity index (χ2n) is 5.72. The van der Waals surface area contributed by atoms with E-state index in [4.69, 9.17) is 11.6 Å². The lowest BCUT2D eigenvalue weighted by Crippen LogP contribution is -2.28. The van der Waals surface area contributed by atoms with Crippen LogP contribution in [-0.2, 0) is 10.0 Å². The molecule has 1 N–H and O–H groups in total. The summed E-state index contributed by atoms with van der Waals surface area (Å²) in [5.41, 5.74) is 0.867. The summed E-state index contributed by atoms with van der Waals surface area (Å²) >= 11 is 5.81. The fraction of sp³-hybridized carbons (Fsp3) is 0.235. The molecular formula is C17H17ClN2O3S. The Bertz CT molecular complexity index is 862. The average molecular weight is 365 g/mol. The number of sulfonamides is 1. The third-order valence-electron chi connectivity index (χ3n) is 3.86. The third-order valence-corrected chi connectivity index (χ3v) is 5.91. The number of nitrogens with one attached hydrogen (secondary N) is 1. The van der Waals surface area contributed by atoms with Crippen LogP contribution in [0.5, 0.6) is 0 Å². The lowest BCUT2D eigenvalue weighted by atomic mass is 10.2. The highest BCUT2D eigenvalue weighted by Gasteiger charge is 2.25. The van der Waals surface area contributed by atoms with Crippen molar-refractivity contribution in [3.8, 4) is 0 Å². The molecule has 0 bridgehead atoms. The summed E-state index contributed by atoms with van der Waals surface area (Å²) in [6.07, 6.45) is 1.99. The van der Waals surface area contributed by atoms with Gasteiger partial charge in [-0.15, -0.1) is 0 Å². The molecule has 24 heavy (non-hydrogen) atoms. The maximum atomic E-state index is 12.7. The van der Waals surface area contributed by atoms with E-state index < -0.39 is 10.0 Å². The van der Waals surface area contributed by atoms with Crippen molar-refractivity contribution in [3.05, 3.63) is 59.1 Å². The maximum Gasteiger partial charge on any atom is 0.264 e. The maximum absolute atomic E-state index is 12.7. The monoisotopic (exact) mass is 364 g/mol. The molecule has 0 atom stereocenters. The van der Waals surface area contributed by atoms with Crippen molar-refractivity contribution >= 4 is 33.2 Å². The highest BCUT2D eigenvalue weighted by Crippen LogP contribution is 2.25. The van der Waals surface area contributed by atoms with E-state index >= 15 is 0 Å². The first-order valence-corrected chi connectivity index (χ1v) is 9.35. The van der Waals surface area contributed by atoms with Gasteiger partial charge in [-0.25, -0.2) is 8.42 Å². The van der Waals surface area contributed by atoms with Crippen LogP contribution >= 0.6 is 11.6 Å². The van der Waals surface area contributed by atoms with Crippen molar-refractivity contribution in [1.29, 1.82) is 0 Å². The zero-order valence-corrected chi connectivity index (χ0v) is 14.6. The highest BCUT2D eigenvalue weighted by atomic mass is 35.5. The smallest absolute Gasteiger partial charge is 0.264 e. The van der Waals surface area contributed by atoms with Crippen LogP contribution in [0.15, 0.2) is 53.4 Å². The third kappa shape index (κ3) is 3.55. The predicted octanol–water partition coefficient (Wildman–Crippen LogP) is 3.06. The van der Waals surface area contributed by atoms with E-state index in [9.17, 15) is 13.2 Å². The number of rotatable bonds is 5. The molecule has 1 amide bonds. The lowest BCUT2D eigenvalue weighted by molar-refractivity contribution is 0.0951. The first-order valence-electron chi connectivity index (χ1n) is 7.53. The summed E-state index contributed by atoms with van der Waals surface area (Å²) in [6, 6.07) is 12.8. The number of carbonyl (C=O) groups is 1. The summed E-state index contributed by atoms with van der Waals surface area (Å²) in [4.78, 5) is 12.3. The van der Waals surface area contributed by atoms with Gasteiger partial charge in [0.1, 0.15) is 0 Å². The number of anilines is 1. The Morgan fingerprint density at radius 1 is 1.17 bits per heavy atom. The molecular weight excluding hydrogens is 348 g/mol. The van der Waals surface area contributed by atoms with Gasteiger partial charge in [0, 0.05) is 23.7 Å². The van der Waals surface area contributed by atoms with Crippen molar-refractivity contribution in [2.24, 2.45) is 0 Å². The molecule has 0 spiro atoms. The topological polar surface area (TPSA) is 66.5 Å². The summed E-state index contributed by atoms with van der Waals surface area (Å²) < 4.78 is 26.5. The predicted molar refractivity (Wildman–Crippen MR) is 94.0 cm³/mol. The second kappa shape index (κ2) is 6.45. The van der Waals surface area contributed by atoms with Gasteiger partial charge in [-0.2, -0.15) is 0 Å². The minimum atomic E-state index is -3.72. The molecule has 0 aromatic heterocycles. The van der Waals surface area contributed by atoms with E-state index in [2.05, 4.69) is 5.32 Å². The molecule has 7 heteroatoms. The van der Waals surface area contributed by atoms with Gasteiger partial charge in [0.25, 0.3) is 15.9 Å². The zero-order chi connectivity index (χ0) is 17.3. The van der Waals surface area contributed by atoms with Gasteiger partial charge in [0.15, 0.2) is 0 Å². The molecule has 2 aromatic carbocycles. The van der Waals surface area contributed by atoms with Crippen LogP contribution in [0.2, 0.25) is 5.02 Å². The lowest BCUT2D eigenvalue weighted by Gasteiger charge is -2.20. The zero-order valence-electron chi connectivity index (χ0n) is 13.1.